The first-order valence-corrected chi connectivity index (χ1v) is 11.0. The molecule has 2 aliphatic heterocycles. The predicted octanol–water partition coefficient (Wildman–Crippen LogP) is 1.77. The van der Waals surface area contributed by atoms with Crippen LogP contribution in [0.2, 0.25) is 0 Å². The highest BCUT2D eigenvalue weighted by Crippen LogP contribution is 2.32. The minimum absolute atomic E-state index is 0. The molecule has 2 aliphatic rings. The number of sulfonamides is 1. The third-order valence-corrected chi connectivity index (χ3v) is 7.49. The van der Waals surface area contributed by atoms with Crippen LogP contribution in [-0.2, 0) is 10.0 Å². The van der Waals surface area contributed by atoms with Crippen LogP contribution >= 0.6 is 12.4 Å². The number of nitrogens with zero attached hydrogens (tertiary/aromatic N) is 3. The van der Waals surface area contributed by atoms with Gasteiger partial charge in [-0.2, -0.15) is 0 Å². The molecule has 0 aliphatic carbocycles. The molecule has 0 aromatic heterocycles. The van der Waals surface area contributed by atoms with E-state index in [-0.39, 0.29) is 29.3 Å². The van der Waals surface area contributed by atoms with Gasteiger partial charge in [0, 0.05) is 45.5 Å². The van der Waals surface area contributed by atoms with E-state index in [9.17, 15) is 13.2 Å². The SMILES string of the molecule is CC1CC(CN)CN1C(=O)c1cc(S(=O)(=O)N(C)C)ccc1N1CCCC1.Cl. The fourth-order valence-electron chi connectivity index (χ4n) is 4.04. The lowest BCUT2D eigenvalue weighted by molar-refractivity contribution is 0.0744. The van der Waals surface area contributed by atoms with Crippen LogP contribution < -0.4 is 10.6 Å². The summed E-state index contributed by atoms with van der Waals surface area (Å²) in [5.74, 6) is 0.198. The minimum atomic E-state index is -3.60. The Bertz CT molecular complexity index is 809. The minimum Gasteiger partial charge on any atom is -0.371 e. The molecule has 0 radical (unpaired) electrons. The number of hydrogen-bond acceptors (Lipinski definition) is 5. The molecule has 2 heterocycles. The summed E-state index contributed by atoms with van der Waals surface area (Å²) in [6.07, 6.45) is 3.05. The molecule has 28 heavy (non-hydrogen) atoms. The molecule has 2 unspecified atom stereocenters. The predicted molar refractivity (Wildman–Crippen MR) is 114 cm³/mol. The van der Waals surface area contributed by atoms with E-state index >= 15 is 0 Å². The molecule has 0 saturated carbocycles. The standard InChI is InChI=1S/C19H30N4O3S.ClH/c1-14-10-15(12-20)13-23(14)19(24)17-11-16(27(25,26)21(2)3)6-7-18(17)22-8-4-5-9-22;/h6-7,11,14-15H,4-5,8-10,12-13,20H2,1-3H3;1H. The Kier molecular flexibility index (Phi) is 7.36. The number of carbonyl (C=O) groups excluding carboxylic acids is 1. The lowest BCUT2D eigenvalue weighted by Crippen LogP contribution is -2.36. The van der Waals surface area contributed by atoms with E-state index in [1.54, 1.807) is 18.2 Å². The van der Waals surface area contributed by atoms with E-state index in [2.05, 4.69) is 4.90 Å². The van der Waals surface area contributed by atoms with Gasteiger partial charge in [-0.3, -0.25) is 4.79 Å². The number of carbonyl (C=O) groups is 1. The van der Waals surface area contributed by atoms with Gasteiger partial charge >= 0.3 is 0 Å². The second kappa shape index (κ2) is 8.98. The lowest BCUT2D eigenvalue weighted by Gasteiger charge is -2.27. The van der Waals surface area contributed by atoms with Crippen molar-refractivity contribution in [1.82, 2.24) is 9.21 Å². The van der Waals surface area contributed by atoms with Gasteiger partial charge in [0.2, 0.25) is 10.0 Å². The number of nitrogens with two attached hydrogens (primary N) is 1. The second-order valence-electron chi connectivity index (χ2n) is 7.80. The Hall–Kier alpha value is -1.35. The van der Waals surface area contributed by atoms with Crippen molar-refractivity contribution >= 4 is 34.0 Å². The summed E-state index contributed by atoms with van der Waals surface area (Å²) in [6.45, 7) is 4.99. The number of benzene rings is 1. The molecule has 2 saturated heterocycles. The normalized spacial score (nSPS) is 22.6. The third-order valence-electron chi connectivity index (χ3n) is 5.68. The van der Waals surface area contributed by atoms with Crippen molar-refractivity contribution in [3.8, 4) is 0 Å². The van der Waals surface area contributed by atoms with Gasteiger partial charge in [0.1, 0.15) is 0 Å². The van der Waals surface area contributed by atoms with E-state index in [0.717, 1.165) is 38.0 Å². The highest BCUT2D eigenvalue weighted by atomic mass is 35.5. The molecule has 0 spiro atoms. The smallest absolute Gasteiger partial charge is 0.256 e. The number of amides is 1. The van der Waals surface area contributed by atoms with Crippen molar-refractivity contribution in [2.24, 2.45) is 11.7 Å². The van der Waals surface area contributed by atoms with E-state index in [1.807, 2.05) is 11.8 Å². The Morgan fingerprint density at radius 1 is 1.25 bits per heavy atom. The van der Waals surface area contributed by atoms with Crippen LogP contribution in [-0.4, -0.2) is 69.8 Å². The molecule has 0 bridgehead atoms. The van der Waals surface area contributed by atoms with Crippen molar-refractivity contribution in [2.45, 2.75) is 37.1 Å². The monoisotopic (exact) mass is 430 g/mol. The molecular weight excluding hydrogens is 400 g/mol. The van der Waals surface area contributed by atoms with Crippen LogP contribution in [0.3, 0.4) is 0 Å². The lowest BCUT2D eigenvalue weighted by atomic mass is 10.1. The molecule has 3 rings (SSSR count). The van der Waals surface area contributed by atoms with E-state index in [1.165, 1.54) is 18.4 Å². The zero-order valence-corrected chi connectivity index (χ0v) is 18.4. The quantitative estimate of drug-likeness (QED) is 0.769. The Balaban J connectivity index is 0.00000280. The molecule has 1 aromatic carbocycles. The van der Waals surface area contributed by atoms with Gasteiger partial charge in [-0.05, 0) is 56.8 Å². The highest BCUT2D eigenvalue weighted by Gasteiger charge is 2.34. The molecule has 9 heteroatoms. The summed E-state index contributed by atoms with van der Waals surface area (Å²) < 4.78 is 26.4. The van der Waals surface area contributed by atoms with Crippen LogP contribution in [0.5, 0.6) is 0 Å². The second-order valence-corrected chi connectivity index (χ2v) is 9.96. The van der Waals surface area contributed by atoms with E-state index in [0.29, 0.717) is 24.6 Å². The molecule has 7 nitrogen and oxygen atoms in total. The number of anilines is 1. The first-order valence-electron chi connectivity index (χ1n) is 9.58. The Morgan fingerprint density at radius 3 is 2.43 bits per heavy atom. The van der Waals surface area contributed by atoms with Crippen LogP contribution in [0.4, 0.5) is 5.69 Å². The van der Waals surface area contributed by atoms with Crippen LogP contribution in [0.1, 0.15) is 36.5 Å². The summed E-state index contributed by atoms with van der Waals surface area (Å²) in [5.41, 5.74) is 7.12. The number of halogens is 1. The van der Waals surface area contributed by atoms with Crippen LogP contribution in [0, 0.1) is 5.92 Å². The maximum atomic E-state index is 13.4. The average Bonchev–Trinajstić information content (AvgIpc) is 3.30. The first-order chi connectivity index (χ1) is 12.8. The summed E-state index contributed by atoms with van der Waals surface area (Å²) >= 11 is 0. The largest absolute Gasteiger partial charge is 0.371 e. The number of rotatable bonds is 5. The van der Waals surface area contributed by atoms with E-state index < -0.39 is 10.0 Å². The summed E-state index contributed by atoms with van der Waals surface area (Å²) in [6, 6.07) is 5.05. The maximum Gasteiger partial charge on any atom is 0.256 e. The molecule has 2 atom stereocenters. The molecular formula is C19H31ClN4O3S. The summed E-state index contributed by atoms with van der Waals surface area (Å²) in [7, 11) is -0.602. The molecule has 2 fully saturated rings. The Morgan fingerprint density at radius 2 is 1.89 bits per heavy atom. The van der Waals surface area contributed by atoms with Crippen molar-refractivity contribution < 1.29 is 13.2 Å². The Labute approximate surface area is 174 Å². The van der Waals surface area contributed by atoms with Crippen molar-refractivity contribution in [3.05, 3.63) is 23.8 Å². The third kappa shape index (κ3) is 4.30. The number of hydrogen-bond donors (Lipinski definition) is 1. The zero-order valence-electron chi connectivity index (χ0n) is 16.8. The zero-order chi connectivity index (χ0) is 19.8. The van der Waals surface area contributed by atoms with Gasteiger partial charge in [-0.1, -0.05) is 0 Å². The number of likely N-dealkylation sites (tertiary alicyclic amines) is 1. The average molecular weight is 431 g/mol. The van der Waals surface area contributed by atoms with Crippen molar-refractivity contribution in [3.63, 3.8) is 0 Å². The summed E-state index contributed by atoms with van der Waals surface area (Å²) in [4.78, 5) is 17.6. The van der Waals surface area contributed by atoms with Gasteiger partial charge in [-0.15, -0.1) is 12.4 Å². The molecule has 2 N–H and O–H groups in total. The van der Waals surface area contributed by atoms with Gasteiger partial charge in [-0.25, -0.2) is 12.7 Å². The fraction of sp³-hybridized carbons (Fsp3) is 0.632. The summed E-state index contributed by atoms with van der Waals surface area (Å²) in [5, 5.41) is 0. The van der Waals surface area contributed by atoms with Crippen LogP contribution in [0.15, 0.2) is 23.1 Å². The maximum absolute atomic E-state index is 13.4. The molecule has 1 amide bonds. The van der Waals surface area contributed by atoms with Gasteiger partial charge in [0.25, 0.3) is 5.91 Å². The first kappa shape index (κ1) is 22.9. The highest BCUT2D eigenvalue weighted by molar-refractivity contribution is 7.89. The fourth-order valence-corrected chi connectivity index (χ4v) is 4.97. The van der Waals surface area contributed by atoms with Crippen LogP contribution in [0.25, 0.3) is 0 Å². The van der Waals surface area contributed by atoms with E-state index in [4.69, 9.17) is 5.73 Å². The van der Waals surface area contributed by atoms with Gasteiger partial charge in [0.15, 0.2) is 0 Å². The van der Waals surface area contributed by atoms with Crippen molar-refractivity contribution in [2.75, 3.05) is 45.2 Å². The molecule has 1 aromatic rings. The molecule has 158 valence electrons. The van der Waals surface area contributed by atoms with Gasteiger partial charge in [0.05, 0.1) is 10.5 Å². The topological polar surface area (TPSA) is 86.9 Å². The van der Waals surface area contributed by atoms with Gasteiger partial charge < -0.3 is 15.5 Å². The van der Waals surface area contributed by atoms with Crippen molar-refractivity contribution in [1.29, 1.82) is 0 Å².